The normalized spacial score (nSPS) is 32.0. The van der Waals surface area contributed by atoms with E-state index in [1.807, 2.05) is 0 Å². The molecule has 0 aromatic heterocycles. The van der Waals surface area contributed by atoms with E-state index in [1.165, 1.54) is 73.7 Å². The van der Waals surface area contributed by atoms with Gasteiger partial charge in [0, 0.05) is 24.2 Å². The molecule has 2 heterocycles. The monoisotopic (exact) mass is 482 g/mol. The Labute approximate surface area is 217 Å². The average Bonchev–Trinajstić information content (AvgIpc) is 2.87. The largest absolute Gasteiger partial charge is 0.367 e. The molecule has 4 aliphatic carbocycles. The third kappa shape index (κ3) is 4.32. The van der Waals surface area contributed by atoms with E-state index < -0.39 is 0 Å². The second-order valence-electron chi connectivity index (χ2n) is 13.1. The van der Waals surface area contributed by atoms with Gasteiger partial charge in [0.2, 0.25) is 0 Å². The summed E-state index contributed by atoms with van der Waals surface area (Å²) in [7, 11) is 0. The Morgan fingerprint density at radius 1 is 0.778 bits per heavy atom. The number of nitrogens with zero attached hydrogens (tertiary/aromatic N) is 2. The molecule has 2 aliphatic heterocycles. The van der Waals surface area contributed by atoms with Crippen LogP contribution in [0, 0.1) is 29.1 Å². The van der Waals surface area contributed by atoms with Crippen LogP contribution in [0.1, 0.15) is 68.1 Å². The summed E-state index contributed by atoms with van der Waals surface area (Å²) in [5.41, 5.74) is 5.99. The molecule has 3 heteroatoms. The van der Waals surface area contributed by atoms with Crippen LogP contribution in [0.5, 0.6) is 0 Å². The number of Topliss-reactive ketones (excluding diaryl/α,β-unsaturated/α-hetero) is 1. The SMILES string of the molecule is O=C(CN1CCC(CN2Cc3ccccc3CCc3ccccc32)CC1)C12CC3CC(CC(C3)C1)C2. The number of piperidine rings is 1. The highest BCUT2D eigenvalue weighted by Gasteiger charge is 2.54. The van der Waals surface area contributed by atoms with Gasteiger partial charge in [-0.25, -0.2) is 0 Å². The highest BCUT2D eigenvalue weighted by atomic mass is 16.1. The minimum atomic E-state index is 0.0628. The minimum absolute atomic E-state index is 0.0628. The van der Waals surface area contributed by atoms with Crippen LogP contribution in [-0.2, 0) is 24.2 Å². The number of carbonyl (C=O) groups excluding carboxylic acids is 1. The molecular formula is C33H42N2O. The fraction of sp³-hybridized carbons (Fsp3) is 0.606. The number of benzene rings is 2. The van der Waals surface area contributed by atoms with Crippen LogP contribution < -0.4 is 4.90 Å². The van der Waals surface area contributed by atoms with E-state index in [0.717, 1.165) is 63.3 Å². The second kappa shape index (κ2) is 9.31. The number of ketones is 1. The van der Waals surface area contributed by atoms with Crippen LogP contribution in [-0.4, -0.2) is 36.9 Å². The summed E-state index contributed by atoms with van der Waals surface area (Å²) < 4.78 is 0. The van der Waals surface area contributed by atoms with Gasteiger partial charge in [-0.2, -0.15) is 0 Å². The van der Waals surface area contributed by atoms with Gasteiger partial charge in [-0.05, 0) is 124 Å². The van der Waals surface area contributed by atoms with Gasteiger partial charge in [0.1, 0.15) is 0 Å². The molecular weight excluding hydrogens is 440 g/mol. The van der Waals surface area contributed by atoms with Gasteiger partial charge in [-0.1, -0.05) is 42.5 Å². The fourth-order valence-corrected chi connectivity index (χ4v) is 9.17. The topological polar surface area (TPSA) is 23.6 Å². The zero-order valence-electron chi connectivity index (χ0n) is 21.8. The molecule has 2 aromatic carbocycles. The number of hydrogen-bond donors (Lipinski definition) is 0. The van der Waals surface area contributed by atoms with E-state index >= 15 is 0 Å². The van der Waals surface area contributed by atoms with Crippen LogP contribution in [0.4, 0.5) is 5.69 Å². The lowest BCUT2D eigenvalue weighted by Gasteiger charge is -2.56. The van der Waals surface area contributed by atoms with Gasteiger partial charge in [-0.3, -0.25) is 9.69 Å². The molecule has 2 aromatic rings. The molecule has 36 heavy (non-hydrogen) atoms. The fourth-order valence-electron chi connectivity index (χ4n) is 9.17. The van der Waals surface area contributed by atoms with Crippen molar-refractivity contribution in [1.29, 1.82) is 0 Å². The standard InChI is InChI=1S/C33H42N2O/c36-32(33-18-25-15-26(19-33)17-27(16-25)20-33)23-34-13-11-24(12-14-34)21-35-22-30-7-2-1-5-28(30)9-10-29-6-3-4-8-31(29)35/h1-8,24-27H,9-23H2. The Bertz CT molecular complexity index is 1080. The van der Waals surface area contributed by atoms with Crippen molar-refractivity contribution in [2.24, 2.45) is 29.1 Å². The highest BCUT2D eigenvalue weighted by Crippen LogP contribution is 2.60. The molecule has 3 nitrogen and oxygen atoms in total. The van der Waals surface area contributed by atoms with Crippen LogP contribution in [0.15, 0.2) is 48.5 Å². The van der Waals surface area contributed by atoms with Crippen LogP contribution in [0.2, 0.25) is 0 Å². The first-order valence-electron chi connectivity index (χ1n) is 14.8. The third-order valence-corrected chi connectivity index (χ3v) is 10.7. The summed E-state index contributed by atoms with van der Waals surface area (Å²) in [6.45, 7) is 5.04. The lowest BCUT2D eigenvalue weighted by molar-refractivity contribution is -0.145. The Hall–Kier alpha value is -2.13. The smallest absolute Gasteiger partial charge is 0.152 e. The van der Waals surface area contributed by atoms with Crippen molar-refractivity contribution in [2.45, 2.75) is 70.8 Å². The zero-order chi connectivity index (χ0) is 24.1. The van der Waals surface area contributed by atoms with Gasteiger partial charge in [0.25, 0.3) is 0 Å². The number of fused-ring (bicyclic) bond motifs is 2. The van der Waals surface area contributed by atoms with E-state index in [4.69, 9.17) is 0 Å². The maximum atomic E-state index is 13.6. The molecule has 0 atom stereocenters. The Kier molecular flexibility index (Phi) is 5.96. The first-order valence-corrected chi connectivity index (χ1v) is 14.8. The van der Waals surface area contributed by atoms with Crippen molar-refractivity contribution >= 4 is 11.5 Å². The maximum absolute atomic E-state index is 13.6. The Morgan fingerprint density at radius 3 is 2.06 bits per heavy atom. The summed E-state index contributed by atoms with van der Waals surface area (Å²) >= 11 is 0. The van der Waals surface area contributed by atoms with Crippen LogP contribution in [0.25, 0.3) is 0 Å². The molecule has 8 rings (SSSR count). The van der Waals surface area contributed by atoms with Crippen molar-refractivity contribution in [1.82, 2.24) is 4.90 Å². The van der Waals surface area contributed by atoms with E-state index in [-0.39, 0.29) is 5.41 Å². The predicted molar refractivity (Wildman–Crippen MR) is 146 cm³/mol. The van der Waals surface area contributed by atoms with Crippen molar-refractivity contribution in [3.63, 3.8) is 0 Å². The quantitative estimate of drug-likeness (QED) is 0.500. The molecule has 0 amide bonds. The molecule has 5 fully saturated rings. The molecule has 4 bridgehead atoms. The average molecular weight is 483 g/mol. The van der Waals surface area contributed by atoms with Gasteiger partial charge < -0.3 is 4.90 Å². The number of rotatable bonds is 5. The summed E-state index contributed by atoms with van der Waals surface area (Å²) in [5.74, 6) is 3.88. The van der Waals surface area contributed by atoms with Crippen molar-refractivity contribution in [2.75, 3.05) is 31.1 Å². The van der Waals surface area contributed by atoms with E-state index in [1.54, 1.807) is 0 Å². The first kappa shape index (κ1) is 23.0. The first-order chi connectivity index (χ1) is 17.6. The van der Waals surface area contributed by atoms with Crippen molar-refractivity contribution < 1.29 is 4.79 Å². The summed E-state index contributed by atoms with van der Waals surface area (Å²) in [6, 6.07) is 18.1. The van der Waals surface area contributed by atoms with Gasteiger partial charge in [-0.15, -0.1) is 0 Å². The van der Waals surface area contributed by atoms with E-state index in [2.05, 4.69) is 58.3 Å². The van der Waals surface area contributed by atoms with Crippen LogP contribution >= 0.6 is 0 Å². The third-order valence-electron chi connectivity index (χ3n) is 10.7. The Balaban J connectivity index is 0.996. The number of aryl methyl sites for hydroxylation is 2. The Morgan fingerprint density at radius 2 is 1.36 bits per heavy atom. The van der Waals surface area contributed by atoms with Gasteiger partial charge >= 0.3 is 0 Å². The number of para-hydroxylation sites is 1. The molecule has 0 spiro atoms. The van der Waals surface area contributed by atoms with Crippen molar-refractivity contribution in [3.8, 4) is 0 Å². The van der Waals surface area contributed by atoms with Crippen LogP contribution in [0.3, 0.4) is 0 Å². The minimum Gasteiger partial charge on any atom is -0.367 e. The maximum Gasteiger partial charge on any atom is 0.152 e. The lowest BCUT2D eigenvalue weighted by atomic mass is 9.48. The molecule has 0 unspecified atom stereocenters. The summed E-state index contributed by atoms with van der Waals surface area (Å²) in [6.07, 6.45) is 12.6. The van der Waals surface area contributed by atoms with E-state index in [0.29, 0.717) is 11.7 Å². The number of carbonyl (C=O) groups is 1. The highest BCUT2D eigenvalue weighted by molar-refractivity contribution is 5.87. The molecule has 4 saturated carbocycles. The molecule has 190 valence electrons. The number of likely N-dealkylation sites (tertiary alicyclic amines) is 1. The predicted octanol–water partition coefficient (Wildman–Crippen LogP) is 6.29. The number of hydrogen-bond acceptors (Lipinski definition) is 3. The molecule has 0 N–H and O–H groups in total. The molecule has 1 saturated heterocycles. The van der Waals surface area contributed by atoms with E-state index in [9.17, 15) is 4.79 Å². The summed E-state index contributed by atoms with van der Waals surface area (Å²) in [5, 5.41) is 0. The summed E-state index contributed by atoms with van der Waals surface area (Å²) in [4.78, 5) is 18.8. The lowest BCUT2D eigenvalue weighted by Crippen LogP contribution is -2.53. The zero-order valence-corrected chi connectivity index (χ0v) is 21.8. The van der Waals surface area contributed by atoms with Gasteiger partial charge in [0.15, 0.2) is 5.78 Å². The number of anilines is 1. The van der Waals surface area contributed by atoms with Gasteiger partial charge in [0.05, 0.1) is 6.54 Å². The second-order valence-corrected chi connectivity index (χ2v) is 13.1. The molecule has 6 aliphatic rings. The molecule has 0 radical (unpaired) electrons. The van der Waals surface area contributed by atoms with Crippen molar-refractivity contribution in [3.05, 3.63) is 65.2 Å².